The Bertz CT molecular complexity index is 465. The molecule has 0 aromatic heterocycles. The molecule has 2 rings (SSSR count). The van der Waals surface area contributed by atoms with Gasteiger partial charge >= 0.3 is 0 Å². The van der Waals surface area contributed by atoms with E-state index in [0.717, 1.165) is 5.56 Å². The number of piperazine rings is 1. The molecule has 1 aliphatic heterocycles. The summed E-state index contributed by atoms with van der Waals surface area (Å²) in [5, 5.41) is 0. The number of benzene rings is 1. The van der Waals surface area contributed by atoms with Gasteiger partial charge in [0.05, 0.1) is 5.69 Å². The first-order valence-electron chi connectivity index (χ1n) is 6.79. The molecule has 104 valence electrons. The van der Waals surface area contributed by atoms with E-state index in [1.807, 2.05) is 17.0 Å². The number of anilines is 1. The highest BCUT2D eigenvalue weighted by atomic mass is 19.1. The van der Waals surface area contributed by atoms with E-state index in [4.69, 9.17) is 0 Å². The molecular weight excluding hydrogens is 243 g/mol. The van der Waals surface area contributed by atoms with Gasteiger partial charge in [-0.1, -0.05) is 19.9 Å². The molecule has 1 aliphatic rings. The predicted octanol–water partition coefficient (Wildman–Crippen LogP) is 2.62. The van der Waals surface area contributed by atoms with E-state index >= 15 is 0 Å². The standard InChI is InChI=1S/C15H21FN2O/c1-11(2)13-4-5-15(14(16)10-13)18-8-6-17(7-9-18)12(3)19/h4-5,10-11H,6-9H2,1-3H3. The number of halogens is 1. The number of hydrogen-bond donors (Lipinski definition) is 0. The highest BCUT2D eigenvalue weighted by Crippen LogP contribution is 2.25. The van der Waals surface area contributed by atoms with Crippen molar-refractivity contribution in [3.63, 3.8) is 0 Å². The summed E-state index contributed by atoms with van der Waals surface area (Å²) in [5.41, 5.74) is 1.66. The molecule has 0 bridgehead atoms. The van der Waals surface area contributed by atoms with Gasteiger partial charge in [0, 0.05) is 33.1 Å². The van der Waals surface area contributed by atoms with Crippen molar-refractivity contribution in [2.24, 2.45) is 0 Å². The molecule has 0 spiro atoms. The Hall–Kier alpha value is -1.58. The van der Waals surface area contributed by atoms with Crippen molar-refractivity contribution in [2.45, 2.75) is 26.7 Å². The molecule has 19 heavy (non-hydrogen) atoms. The zero-order valence-electron chi connectivity index (χ0n) is 11.8. The first-order chi connectivity index (χ1) is 8.99. The van der Waals surface area contributed by atoms with Crippen LogP contribution in [0, 0.1) is 5.82 Å². The number of hydrogen-bond acceptors (Lipinski definition) is 2. The Kier molecular flexibility index (Phi) is 4.08. The second-order valence-corrected chi connectivity index (χ2v) is 5.36. The summed E-state index contributed by atoms with van der Waals surface area (Å²) in [5.74, 6) is 0.260. The van der Waals surface area contributed by atoms with Gasteiger partial charge in [0.1, 0.15) is 5.82 Å². The molecule has 1 fully saturated rings. The van der Waals surface area contributed by atoms with Gasteiger partial charge in [-0.3, -0.25) is 4.79 Å². The monoisotopic (exact) mass is 264 g/mol. The third-order valence-corrected chi connectivity index (χ3v) is 3.70. The highest BCUT2D eigenvalue weighted by Gasteiger charge is 2.20. The number of carbonyl (C=O) groups is 1. The van der Waals surface area contributed by atoms with Crippen LogP contribution in [-0.2, 0) is 4.79 Å². The van der Waals surface area contributed by atoms with Gasteiger partial charge in [0.15, 0.2) is 0 Å². The van der Waals surface area contributed by atoms with Crippen molar-refractivity contribution < 1.29 is 9.18 Å². The van der Waals surface area contributed by atoms with Crippen molar-refractivity contribution in [1.82, 2.24) is 4.90 Å². The van der Waals surface area contributed by atoms with E-state index in [1.54, 1.807) is 17.9 Å². The average molecular weight is 264 g/mol. The molecule has 3 nitrogen and oxygen atoms in total. The molecule has 0 saturated carbocycles. The van der Waals surface area contributed by atoms with Crippen LogP contribution in [0.1, 0.15) is 32.3 Å². The molecular formula is C15H21FN2O. The number of amides is 1. The first kappa shape index (κ1) is 13.8. The molecule has 0 aliphatic carbocycles. The van der Waals surface area contributed by atoms with Gasteiger partial charge in [-0.2, -0.15) is 0 Å². The fourth-order valence-corrected chi connectivity index (χ4v) is 2.40. The Morgan fingerprint density at radius 1 is 1.21 bits per heavy atom. The highest BCUT2D eigenvalue weighted by molar-refractivity contribution is 5.73. The SMILES string of the molecule is CC(=O)N1CCN(c2ccc(C(C)C)cc2F)CC1. The minimum atomic E-state index is -0.164. The Morgan fingerprint density at radius 3 is 2.32 bits per heavy atom. The smallest absolute Gasteiger partial charge is 0.219 e. The normalized spacial score (nSPS) is 16.1. The maximum Gasteiger partial charge on any atom is 0.219 e. The molecule has 1 aromatic carbocycles. The molecule has 1 amide bonds. The van der Waals surface area contributed by atoms with Crippen molar-refractivity contribution >= 4 is 11.6 Å². The maximum absolute atomic E-state index is 14.1. The summed E-state index contributed by atoms with van der Waals surface area (Å²) in [4.78, 5) is 15.1. The summed E-state index contributed by atoms with van der Waals surface area (Å²) >= 11 is 0. The lowest BCUT2D eigenvalue weighted by Crippen LogP contribution is -2.48. The Balaban J connectivity index is 2.09. The van der Waals surface area contributed by atoms with E-state index in [9.17, 15) is 9.18 Å². The minimum Gasteiger partial charge on any atom is -0.366 e. The average Bonchev–Trinajstić information content (AvgIpc) is 2.38. The topological polar surface area (TPSA) is 23.6 Å². The summed E-state index contributed by atoms with van der Waals surface area (Å²) in [6, 6.07) is 5.46. The lowest BCUT2D eigenvalue weighted by Gasteiger charge is -2.35. The fraction of sp³-hybridized carbons (Fsp3) is 0.533. The number of nitrogens with zero attached hydrogens (tertiary/aromatic N) is 2. The van der Waals surface area contributed by atoms with Crippen LogP contribution in [0.5, 0.6) is 0 Å². The van der Waals surface area contributed by atoms with Crippen molar-refractivity contribution in [3.8, 4) is 0 Å². The second-order valence-electron chi connectivity index (χ2n) is 5.36. The number of rotatable bonds is 2. The van der Waals surface area contributed by atoms with Crippen molar-refractivity contribution in [3.05, 3.63) is 29.6 Å². The molecule has 1 saturated heterocycles. The van der Waals surface area contributed by atoms with Crippen molar-refractivity contribution in [1.29, 1.82) is 0 Å². The van der Waals surface area contributed by atoms with Gasteiger partial charge < -0.3 is 9.80 Å². The lowest BCUT2D eigenvalue weighted by atomic mass is 10.0. The van der Waals surface area contributed by atoms with Crippen LogP contribution >= 0.6 is 0 Å². The van der Waals surface area contributed by atoms with Crippen LogP contribution in [-0.4, -0.2) is 37.0 Å². The van der Waals surface area contributed by atoms with Gasteiger partial charge in [-0.25, -0.2) is 4.39 Å². The van der Waals surface area contributed by atoms with E-state index in [1.165, 1.54) is 0 Å². The van der Waals surface area contributed by atoms with Crippen LogP contribution < -0.4 is 4.90 Å². The summed E-state index contributed by atoms with van der Waals surface area (Å²) in [7, 11) is 0. The first-order valence-corrected chi connectivity index (χ1v) is 6.79. The Labute approximate surface area is 114 Å². The van der Waals surface area contributed by atoms with Crippen LogP contribution in [0.2, 0.25) is 0 Å². The maximum atomic E-state index is 14.1. The molecule has 1 aromatic rings. The van der Waals surface area contributed by atoms with Crippen LogP contribution in [0.3, 0.4) is 0 Å². The number of carbonyl (C=O) groups excluding carboxylic acids is 1. The summed E-state index contributed by atoms with van der Waals surface area (Å²) < 4.78 is 14.1. The van der Waals surface area contributed by atoms with Crippen LogP contribution in [0.25, 0.3) is 0 Å². The zero-order valence-corrected chi connectivity index (χ0v) is 11.8. The third-order valence-electron chi connectivity index (χ3n) is 3.70. The fourth-order valence-electron chi connectivity index (χ4n) is 2.40. The van der Waals surface area contributed by atoms with Crippen molar-refractivity contribution in [2.75, 3.05) is 31.1 Å². The quantitative estimate of drug-likeness (QED) is 0.820. The van der Waals surface area contributed by atoms with Crippen LogP contribution in [0.15, 0.2) is 18.2 Å². The lowest BCUT2D eigenvalue weighted by molar-refractivity contribution is -0.129. The van der Waals surface area contributed by atoms with E-state index < -0.39 is 0 Å². The van der Waals surface area contributed by atoms with E-state index in [-0.39, 0.29) is 11.7 Å². The molecule has 0 atom stereocenters. The third kappa shape index (κ3) is 3.06. The van der Waals surface area contributed by atoms with Gasteiger partial charge in [-0.05, 0) is 23.6 Å². The zero-order chi connectivity index (χ0) is 14.0. The van der Waals surface area contributed by atoms with Gasteiger partial charge in [0.2, 0.25) is 5.91 Å². The molecule has 4 heteroatoms. The van der Waals surface area contributed by atoms with Gasteiger partial charge in [-0.15, -0.1) is 0 Å². The molecule has 0 unspecified atom stereocenters. The summed E-state index contributed by atoms with van der Waals surface area (Å²) in [6.45, 7) is 8.41. The largest absolute Gasteiger partial charge is 0.366 e. The van der Waals surface area contributed by atoms with Gasteiger partial charge in [0.25, 0.3) is 0 Å². The predicted molar refractivity (Wildman–Crippen MR) is 75.0 cm³/mol. The Morgan fingerprint density at radius 2 is 1.84 bits per heavy atom. The molecule has 0 radical (unpaired) electrons. The van der Waals surface area contributed by atoms with Crippen LogP contribution in [0.4, 0.5) is 10.1 Å². The minimum absolute atomic E-state index is 0.0928. The summed E-state index contributed by atoms with van der Waals surface area (Å²) in [6.07, 6.45) is 0. The van der Waals surface area contributed by atoms with E-state index in [2.05, 4.69) is 13.8 Å². The molecule has 0 N–H and O–H groups in total. The molecule has 1 heterocycles. The van der Waals surface area contributed by atoms with E-state index in [0.29, 0.717) is 37.8 Å². The second kappa shape index (κ2) is 5.59.